The molecule has 4 aromatic rings. The third-order valence-corrected chi connectivity index (χ3v) is 4.83. The van der Waals surface area contributed by atoms with Crippen molar-refractivity contribution < 1.29 is 4.79 Å². The van der Waals surface area contributed by atoms with E-state index in [4.69, 9.17) is 0 Å². The first kappa shape index (κ1) is 17.1. The van der Waals surface area contributed by atoms with Crippen LogP contribution in [-0.2, 0) is 6.54 Å². The number of amides is 1. The Labute approximate surface area is 157 Å². The number of H-pyrrole nitrogens is 2. The van der Waals surface area contributed by atoms with E-state index in [-0.39, 0.29) is 5.91 Å². The molecule has 2 heterocycles. The summed E-state index contributed by atoms with van der Waals surface area (Å²) in [4.78, 5) is 15.9. The first-order valence-corrected chi connectivity index (χ1v) is 9.00. The van der Waals surface area contributed by atoms with Crippen molar-refractivity contribution >= 4 is 16.8 Å². The maximum atomic E-state index is 12.3. The number of aromatic nitrogens is 3. The maximum Gasteiger partial charge on any atom is 0.272 e. The zero-order valence-corrected chi connectivity index (χ0v) is 15.7. The molecular weight excluding hydrogens is 336 g/mol. The number of hydrogen-bond donors (Lipinski definition) is 3. The number of aryl methyl sites for hydroxylation is 3. The summed E-state index contributed by atoms with van der Waals surface area (Å²) in [6.45, 7) is 6.53. The monoisotopic (exact) mass is 358 g/mol. The molecule has 0 aliphatic rings. The maximum absolute atomic E-state index is 12.3. The summed E-state index contributed by atoms with van der Waals surface area (Å²) in [6, 6.07) is 16.4. The van der Waals surface area contributed by atoms with Crippen LogP contribution < -0.4 is 5.32 Å². The summed E-state index contributed by atoms with van der Waals surface area (Å²) in [5.74, 6) is -0.180. The predicted octanol–water partition coefficient (Wildman–Crippen LogP) is 4.41. The third kappa shape index (κ3) is 3.24. The molecule has 0 aliphatic heterocycles. The lowest BCUT2D eigenvalue weighted by Gasteiger charge is -2.07. The molecule has 4 rings (SSSR count). The van der Waals surface area contributed by atoms with Gasteiger partial charge in [0.1, 0.15) is 5.69 Å². The minimum Gasteiger partial charge on any atom is -0.354 e. The molecule has 0 saturated carbocycles. The van der Waals surface area contributed by atoms with E-state index < -0.39 is 0 Å². The average Bonchev–Trinajstić information content (AvgIpc) is 3.24. The Bertz CT molecular complexity index is 1120. The highest BCUT2D eigenvalue weighted by atomic mass is 16.1. The van der Waals surface area contributed by atoms with E-state index in [2.05, 4.69) is 58.6 Å². The molecule has 1 amide bonds. The van der Waals surface area contributed by atoms with Crippen molar-refractivity contribution in [2.24, 2.45) is 0 Å². The highest BCUT2D eigenvalue weighted by molar-refractivity contribution is 5.94. The molecule has 0 atom stereocenters. The Morgan fingerprint density at radius 2 is 1.85 bits per heavy atom. The fourth-order valence-corrected chi connectivity index (χ4v) is 3.49. The fourth-order valence-electron chi connectivity index (χ4n) is 3.49. The predicted molar refractivity (Wildman–Crippen MR) is 108 cm³/mol. The molecule has 5 heteroatoms. The summed E-state index contributed by atoms with van der Waals surface area (Å²) < 4.78 is 0. The van der Waals surface area contributed by atoms with Gasteiger partial charge in [0.25, 0.3) is 5.91 Å². The van der Waals surface area contributed by atoms with Crippen LogP contribution >= 0.6 is 0 Å². The number of hydrogen-bond acceptors (Lipinski definition) is 2. The normalized spacial score (nSPS) is 11.1. The molecule has 3 N–H and O–H groups in total. The van der Waals surface area contributed by atoms with Gasteiger partial charge in [0, 0.05) is 23.3 Å². The molecule has 0 unspecified atom stereocenters. The van der Waals surface area contributed by atoms with Gasteiger partial charge < -0.3 is 10.3 Å². The first-order valence-electron chi connectivity index (χ1n) is 9.00. The van der Waals surface area contributed by atoms with Gasteiger partial charge in [-0.25, -0.2) is 0 Å². The molecule has 5 nitrogen and oxygen atoms in total. The standard InChI is InChI=1S/C22H22N4O/c1-13-9-17(12-23-22(27)19-11-14(2)25-26-19)21-18(10-13)15(3)20(24-21)16-7-5-4-6-8-16/h4-11,24H,12H2,1-3H3,(H,23,27)(H,25,26). The van der Waals surface area contributed by atoms with E-state index >= 15 is 0 Å². The van der Waals surface area contributed by atoms with E-state index in [0.29, 0.717) is 12.2 Å². The third-order valence-electron chi connectivity index (χ3n) is 4.83. The van der Waals surface area contributed by atoms with Gasteiger partial charge in [0.15, 0.2) is 0 Å². The fraction of sp³-hybridized carbons (Fsp3) is 0.182. The largest absolute Gasteiger partial charge is 0.354 e. The van der Waals surface area contributed by atoms with Crippen molar-refractivity contribution in [3.63, 3.8) is 0 Å². The van der Waals surface area contributed by atoms with E-state index in [1.165, 1.54) is 16.5 Å². The zero-order valence-electron chi connectivity index (χ0n) is 15.7. The van der Waals surface area contributed by atoms with Crippen LogP contribution in [0.25, 0.3) is 22.2 Å². The summed E-state index contributed by atoms with van der Waals surface area (Å²) in [5.41, 5.74) is 8.07. The van der Waals surface area contributed by atoms with E-state index in [9.17, 15) is 4.79 Å². The van der Waals surface area contributed by atoms with E-state index in [0.717, 1.165) is 28.0 Å². The van der Waals surface area contributed by atoms with Gasteiger partial charge in [-0.2, -0.15) is 5.10 Å². The lowest BCUT2D eigenvalue weighted by Crippen LogP contribution is -2.23. The van der Waals surface area contributed by atoms with Gasteiger partial charge in [-0.15, -0.1) is 0 Å². The zero-order chi connectivity index (χ0) is 19.0. The van der Waals surface area contributed by atoms with Crippen LogP contribution in [0.3, 0.4) is 0 Å². The molecule has 0 radical (unpaired) electrons. The lowest BCUT2D eigenvalue weighted by molar-refractivity contribution is 0.0946. The second-order valence-corrected chi connectivity index (χ2v) is 6.96. The highest BCUT2D eigenvalue weighted by Crippen LogP contribution is 2.32. The summed E-state index contributed by atoms with van der Waals surface area (Å²) >= 11 is 0. The van der Waals surface area contributed by atoms with Crippen molar-refractivity contribution in [3.8, 4) is 11.3 Å². The number of nitrogens with zero attached hydrogens (tertiary/aromatic N) is 1. The molecule has 0 saturated heterocycles. The second kappa shape index (κ2) is 6.76. The molecule has 0 bridgehead atoms. The van der Waals surface area contributed by atoms with Crippen LogP contribution in [0.15, 0.2) is 48.5 Å². The number of rotatable bonds is 4. The van der Waals surface area contributed by atoms with Gasteiger partial charge in [0.05, 0.1) is 5.52 Å². The van der Waals surface area contributed by atoms with Gasteiger partial charge in [-0.3, -0.25) is 9.89 Å². The number of carbonyl (C=O) groups is 1. The Balaban J connectivity index is 1.69. The number of benzene rings is 2. The molecular formula is C22H22N4O. The van der Waals surface area contributed by atoms with Crippen molar-refractivity contribution in [3.05, 3.63) is 76.6 Å². The molecule has 0 aliphatic carbocycles. The molecule has 2 aromatic heterocycles. The minimum atomic E-state index is -0.180. The van der Waals surface area contributed by atoms with Gasteiger partial charge in [0.2, 0.25) is 0 Å². The van der Waals surface area contributed by atoms with Crippen LogP contribution in [0.1, 0.15) is 32.9 Å². The quantitative estimate of drug-likeness (QED) is 0.505. The topological polar surface area (TPSA) is 73.6 Å². The van der Waals surface area contributed by atoms with Gasteiger partial charge in [-0.05, 0) is 49.6 Å². The molecule has 2 aromatic carbocycles. The van der Waals surface area contributed by atoms with Crippen molar-refractivity contribution in [2.45, 2.75) is 27.3 Å². The minimum absolute atomic E-state index is 0.180. The van der Waals surface area contributed by atoms with Crippen LogP contribution in [-0.4, -0.2) is 21.1 Å². The van der Waals surface area contributed by atoms with E-state index in [1.54, 1.807) is 6.07 Å². The Morgan fingerprint density at radius 3 is 2.56 bits per heavy atom. The van der Waals surface area contributed by atoms with Crippen LogP contribution in [0.4, 0.5) is 0 Å². The summed E-state index contributed by atoms with van der Waals surface area (Å²) in [6.07, 6.45) is 0. The Kier molecular flexibility index (Phi) is 4.28. The van der Waals surface area contributed by atoms with Crippen LogP contribution in [0.2, 0.25) is 0 Å². The molecule has 136 valence electrons. The van der Waals surface area contributed by atoms with Gasteiger partial charge >= 0.3 is 0 Å². The Morgan fingerprint density at radius 1 is 1.07 bits per heavy atom. The lowest BCUT2D eigenvalue weighted by atomic mass is 10.0. The van der Waals surface area contributed by atoms with Crippen molar-refractivity contribution in [1.82, 2.24) is 20.5 Å². The highest BCUT2D eigenvalue weighted by Gasteiger charge is 2.15. The van der Waals surface area contributed by atoms with Crippen LogP contribution in [0, 0.1) is 20.8 Å². The number of aromatic amines is 2. The average molecular weight is 358 g/mol. The molecule has 27 heavy (non-hydrogen) atoms. The summed E-state index contributed by atoms with van der Waals surface area (Å²) in [5, 5.41) is 11.0. The van der Waals surface area contributed by atoms with Gasteiger partial charge in [-0.1, -0.05) is 42.0 Å². The first-order chi connectivity index (χ1) is 13.0. The van der Waals surface area contributed by atoms with E-state index in [1.807, 2.05) is 25.1 Å². The van der Waals surface area contributed by atoms with Crippen molar-refractivity contribution in [2.75, 3.05) is 0 Å². The molecule has 0 spiro atoms. The molecule has 0 fully saturated rings. The number of nitrogens with one attached hydrogen (secondary N) is 3. The number of fused-ring (bicyclic) bond motifs is 1. The van der Waals surface area contributed by atoms with Crippen molar-refractivity contribution in [1.29, 1.82) is 0 Å². The second-order valence-electron chi connectivity index (χ2n) is 6.96. The number of carbonyl (C=O) groups excluding carboxylic acids is 1. The summed E-state index contributed by atoms with van der Waals surface area (Å²) in [7, 11) is 0. The SMILES string of the molecule is Cc1cc(CNC(=O)c2cc(C)[nH]n2)c2[nH]c(-c3ccccc3)c(C)c2c1. The Hall–Kier alpha value is -3.34. The smallest absolute Gasteiger partial charge is 0.272 e. The van der Waals surface area contributed by atoms with Crippen LogP contribution in [0.5, 0.6) is 0 Å².